The van der Waals surface area contributed by atoms with Crippen LogP contribution in [0.15, 0.2) is 24.3 Å². The van der Waals surface area contributed by atoms with Crippen LogP contribution in [0.2, 0.25) is 0 Å². The molecule has 0 saturated heterocycles. The summed E-state index contributed by atoms with van der Waals surface area (Å²) < 4.78 is 27.8. The Labute approximate surface area is 129 Å². The summed E-state index contributed by atoms with van der Waals surface area (Å²) in [5.41, 5.74) is 1.35. The lowest BCUT2D eigenvalue weighted by Gasteiger charge is -2.19. The van der Waals surface area contributed by atoms with Crippen LogP contribution < -0.4 is 5.32 Å². The molecule has 0 saturated carbocycles. The minimum Gasteiger partial charge on any atom is -0.309 e. The largest absolute Gasteiger partial charge is 0.309 e. The third kappa shape index (κ3) is 3.89. The Morgan fingerprint density at radius 1 is 1.19 bits per heavy atom. The summed E-state index contributed by atoms with van der Waals surface area (Å²) in [5.74, 6) is -0.937. The van der Waals surface area contributed by atoms with Gasteiger partial charge in [-0.25, -0.2) is 8.78 Å². The molecule has 1 unspecified atom stereocenters. The van der Waals surface area contributed by atoms with Gasteiger partial charge in [0.25, 0.3) is 0 Å². The molecule has 0 amide bonds. The van der Waals surface area contributed by atoms with E-state index in [1.54, 1.807) is 11.3 Å². The standard InChI is InChI=1S/C17H21F2NS/c1-4-8-20-16(17-11(2)9-12(3)21-17)10-13-14(18)6-5-7-15(13)19/h5-7,9,16,20H,4,8,10H2,1-3H3. The molecule has 0 bridgehead atoms. The Bertz CT molecular complexity index is 587. The number of benzene rings is 1. The highest BCUT2D eigenvalue weighted by Gasteiger charge is 2.20. The maximum absolute atomic E-state index is 13.9. The monoisotopic (exact) mass is 309 g/mol. The lowest BCUT2D eigenvalue weighted by Crippen LogP contribution is -2.24. The summed E-state index contributed by atoms with van der Waals surface area (Å²) in [4.78, 5) is 2.39. The van der Waals surface area contributed by atoms with E-state index >= 15 is 0 Å². The third-order valence-electron chi connectivity index (χ3n) is 3.51. The average Bonchev–Trinajstić information content (AvgIpc) is 2.76. The van der Waals surface area contributed by atoms with Crippen LogP contribution in [0, 0.1) is 25.5 Å². The van der Waals surface area contributed by atoms with Crippen molar-refractivity contribution in [3.05, 3.63) is 56.8 Å². The molecule has 1 atom stereocenters. The van der Waals surface area contributed by atoms with E-state index in [1.165, 1.54) is 33.5 Å². The first kappa shape index (κ1) is 16.1. The van der Waals surface area contributed by atoms with Gasteiger partial charge in [-0.1, -0.05) is 13.0 Å². The molecule has 4 heteroatoms. The Kier molecular flexibility index (Phi) is 5.48. The maximum atomic E-state index is 13.9. The Morgan fingerprint density at radius 3 is 2.38 bits per heavy atom. The molecule has 0 aliphatic heterocycles. The van der Waals surface area contributed by atoms with Crippen molar-refractivity contribution in [2.75, 3.05) is 6.54 Å². The van der Waals surface area contributed by atoms with Crippen molar-refractivity contribution in [2.24, 2.45) is 0 Å². The van der Waals surface area contributed by atoms with Crippen molar-refractivity contribution in [2.45, 2.75) is 39.7 Å². The first-order valence-electron chi connectivity index (χ1n) is 7.26. The van der Waals surface area contributed by atoms with E-state index in [9.17, 15) is 8.78 Å². The minimum absolute atomic E-state index is 0.0462. The molecule has 1 nitrogen and oxygen atoms in total. The molecule has 1 heterocycles. The molecule has 2 aromatic rings. The van der Waals surface area contributed by atoms with E-state index in [-0.39, 0.29) is 11.6 Å². The zero-order valence-corrected chi connectivity index (χ0v) is 13.5. The van der Waals surface area contributed by atoms with Crippen molar-refractivity contribution in [3.8, 4) is 0 Å². The van der Waals surface area contributed by atoms with Crippen molar-refractivity contribution in [1.29, 1.82) is 0 Å². The molecular formula is C17H21F2NS. The van der Waals surface area contributed by atoms with Crippen LogP contribution >= 0.6 is 11.3 Å². The van der Waals surface area contributed by atoms with E-state index in [0.717, 1.165) is 13.0 Å². The highest BCUT2D eigenvalue weighted by Crippen LogP contribution is 2.31. The predicted molar refractivity (Wildman–Crippen MR) is 84.9 cm³/mol. The third-order valence-corrected chi connectivity index (χ3v) is 4.77. The van der Waals surface area contributed by atoms with Crippen molar-refractivity contribution >= 4 is 11.3 Å². The molecular weight excluding hydrogens is 288 g/mol. The van der Waals surface area contributed by atoms with E-state index in [2.05, 4.69) is 32.2 Å². The van der Waals surface area contributed by atoms with Crippen LogP contribution in [0.25, 0.3) is 0 Å². The van der Waals surface area contributed by atoms with Crippen molar-refractivity contribution < 1.29 is 8.78 Å². The van der Waals surface area contributed by atoms with Crippen LogP contribution in [-0.4, -0.2) is 6.54 Å². The smallest absolute Gasteiger partial charge is 0.129 e. The molecule has 0 aliphatic rings. The van der Waals surface area contributed by atoms with Gasteiger partial charge in [-0.15, -0.1) is 11.3 Å². The van der Waals surface area contributed by atoms with Gasteiger partial charge in [0.15, 0.2) is 0 Å². The second kappa shape index (κ2) is 7.14. The van der Waals surface area contributed by atoms with Crippen LogP contribution in [-0.2, 0) is 6.42 Å². The fourth-order valence-corrected chi connectivity index (χ4v) is 3.62. The van der Waals surface area contributed by atoms with Gasteiger partial charge in [-0.2, -0.15) is 0 Å². The quantitative estimate of drug-likeness (QED) is 0.798. The predicted octanol–water partition coefficient (Wildman–Crippen LogP) is 4.93. The Morgan fingerprint density at radius 2 is 1.86 bits per heavy atom. The minimum atomic E-state index is -0.468. The Hall–Kier alpha value is -1.26. The summed E-state index contributed by atoms with van der Waals surface area (Å²) in [6, 6.07) is 6.13. The van der Waals surface area contributed by atoms with E-state index in [4.69, 9.17) is 0 Å². The highest BCUT2D eigenvalue weighted by atomic mass is 32.1. The zero-order chi connectivity index (χ0) is 15.4. The number of halogens is 2. The number of nitrogens with one attached hydrogen (secondary N) is 1. The van der Waals surface area contributed by atoms with Gasteiger partial charge >= 0.3 is 0 Å². The molecule has 1 aromatic carbocycles. The molecule has 0 radical (unpaired) electrons. The van der Waals surface area contributed by atoms with E-state index < -0.39 is 11.6 Å². The molecule has 0 fully saturated rings. The topological polar surface area (TPSA) is 12.0 Å². The van der Waals surface area contributed by atoms with Gasteiger partial charge in [-0.05, 0) is 57.0 Å². The number of aryl methyl sites for hydroxylation is 2. The lowest BCUT2D eigenvalue weighted by atomic mass is 10.0. The van der Waals surface area contributed by atoms with Gasteiger partial charge in [0.1, 0.15) is 11.6 Å². The van der Waals surface area contributed by atoms with Gasteiger partial charge in [0.05, 0.1) is 0 Å². The molecule has 114 valence electrons. The first-order chi connectivity index (χ1) is 10.0. The normalized spacial score (nSPS) is 12.6. The molecule has 0 spiro atoms. The fourth-order valence-electron chi connectivity index (χ4n) is 2.51. The van der Waals surface area contributed by atoms with Gasteiger partial charge in [-0.3, -0.25) is 0 Å². The molecule has 1 aromatic heterocycles. The van der Waals surface area contributed by atoms with Gasteiger partial charge < -0.3 is 5.32 Å². The SMILES string of the molecule is CCCNC(Cc1c(F)cccc1F)c1sc(C)cc1C. The summed E-state index contributed by atoms with van der Waals surface area (Å²) in [7, 11) is 0. The summed E-state index contributed by atoms with van der Waals surface area (Å²) in [5, 5.41) is 3.42. The molecule has 2 rings (SSSR count). The number of thiophene rings is 1. The van der Waals surface area contributed by atoms with Crippen molar-refractivity contribution in [1.82, 2.24) is 5.32 Å². The van der Waals surface area contributed by atoms with Crippen LogP contribution in [0.5, 0.6) is 0 Å². The van der Waals surface area contributed by atoms with E-state index in [1.807, 2.05) is 0 Å². The number of hydrogen-bond acceptors (Lipinski definition) is 2. The lowest BCUT2D eigenvalue weighted by molar-refractivity contribution is 0.493. The van der Waals surface area contributed by atoms with Gasteiger partial charge in [0, 0.05) is 21.4 Å². The van der Waals surface area contributed by atoms with Crippen LogP contribution in [0.4, 0.5) is 8.78 Å². The van der Waals surface area contributed by atoms with Crippen molar-refractivity contribution in [3.63, 3.8) is 0 Å². The zero-order valence-electron chi connectivity index (χ0n) is 12.7. The summed E-state index contributed by atoms with van der Waals surface area (Å²) in [6.07, 6.45) is 1.32. The summed E-state index contributed by atoms with van der Waals surface area (Å²) >= 11 is 1.70. The molecule has 0 aliphatic carbocycles. The van der Waals surface area contributed by atoms with Gasteiger partial charge in [0.2, 0.25) is 0 Å². The molecule has 1 N–H and O–H groups in total. The fraction of sp³-hybridized carbons (Fsp3) is 0.412. The first-order valence-corrected chi connectivity index (χ1v) is 8.07. The number of hydrogen-bond donors (Lipinski definition) is 1. The van der Waals surface area contributed by atoms with Crippen LogP contribution in [0.3, 0.4) is 0 Å². The average molecular weight is 309 g/mol. The van der Waals surface area contributed by atoms with E-state index in [0.29, 0.717) is 6.42 Å². The molecule has 21 heavy (non-hydrogen) atoms. The maximum Gasteiger partial charge on any atom is 0.129 e. The number of rotatable bonds is 6. The highest BCUT2D eigenvalue weighted by molar-refractivity contribution is 7.12. The second-order valence-electron chi connectivity index (χ2n) is 5.32. The Balaban J connectivity index is 2.30. The second-order valence-corrected chi connectivity index (χ2v) is 6.60. The summed E-state index contributed by atoms with van der Waals surface area (Å²) in [6.45, 7) is 7.02. The van der Waals surface area contributed by atoms with Crippen LogP contribution in [0.1, 0.15) is 40.3 Å².